The fourth-order valence-corrected chi connectivity index (χ4v) is 3.39. The molecular formula is C20H22N3O+. The highest BCUT2D eigenvalue weighted by atomic mass is 16.5. The zero-order chi connectivity index (χ0) is 16.8. The van der Waals surface area contributed by atoms with Crippen LogP contribution >= 0.6 is 0 Å². The highest BCUT2D eigenvalue weighted by Crippen LogP contribution is 2.27. The number of para-hydroxylation sites is 2. The van der Waals surface area contributed by atoms with E-state index in [9.17, 15) is 0 Å². The van der Waals surface area contributed by atoms with E-state index in [-0.39, 0.29) is 6.10 Å². The van der Waals surface area contributed by atoms with Crippen molar-refractivity contribution in [3.05, 3.63) is 60.4 Å². The van der Waals surface area contributed by atoms with Gasteiger partial charge in [0.25, 0.3) is 0 Å². The van der Waals surface area contributed by atoms with Crippen LogP contribution in [0.15, 0.2) is 54.9 Å². The van der Waals surface area contributed by atoms with Crippen molar-refractivity contribution in [2.45, 2.75) is 26.9 Å². The number of nitrogens with zero attached hydrogens (tertiary/aromatic N) is 3. The topological polar surface area (TPSA) is 22.4 Å². The van der Waals surface area contributed by atoms with Gasteiger partial charge in [-0.3, -0.25) is 0 Å². The van der Waals surface area contributed by atoms with E-state index in [0.29, 0.717) is 0 Å². The van der Waals surface area contributed by atoms with Gasteiger partial charge >= 0.3 is 5.78 Å². The number of hydrogen-bond donors (Lipinski definition) is 0. The van der Waals surface area contributed by atoms with Crippen molar-refractivity contribution >= 4 is 16.8 Å². The van der Waals surface area contributed by atoms with Crippen molar-refractivity contribution in [2.75, 3.05) is 0 Å². The van der Waals surface area contributed by atoms with Gasteiger partial charge in [-0.25, -0.2) is 9.13 Å². The molecule has 0 atom stereocenters. The van der Waals surface area contributed by atoms with Crippen LogP contribution in [-0.2, 0) is 7.05 Å². The smallest absolute Gasteiger partial charge is 0.374 e. The van der Waals surface area contributed by atoms with Crippen LogP contribution in [0.4, 0.5) is 0 Å². The van der Waals surface area contributed by atoms with Gasteiger partial charge in [0.2, 0.25) is 0 Å². The molecule has 0 aliphatic heterocycles. The number of benzene rings is 2. The number of aryl methyl sites for hydroxylation is 1. The summed E-state index contributed by atoms with van der Waals surface area (Å²) in [7, 11) is 2.11. The van der Waals surface area contributed by atoms with Gasteiger partial charge in [-0.15, -0.1) is 0 Å². The van der Waals surface area contributed by atoms with Crippen molar-refractivity contribution in [1.29, 1.82) is 0 Å². The Bertz CT molecular complexity index is 1040. The van der Waals surface area contributed by atoms with Crippen LogP contribution in [0.2, 0.25) is 0 Å². The lowest BCUT2D eigenvalue weighted by molar-refractivity contribution is -0.620. The van der Waals surface area contributed by atoms with Crippen LogP contribution in [0, 0.1) is 6.92 Å². The van der Waals surface area contributed by atoms with Crippen LogP contribution in [-0.4, -0.2) is 15.1 Å². The number of imidazole rings is 2. The minimum atomic E-state index is 0.163. The van der Waals surface area contributed by atoms with E-state index >= 15 is 0 Å². The number of aromatic nitrogens is 3. The molecular weight excluding hydrogens is 298 g/mol. The Hall–Kier alpha value is -2.75. The highest BCUT2D eigenvalue weighted by molar-refractivity contribution is 5.75. The lowest BCUT2D eigenvalue weighted by atomic mass is 10.1. The summed E-state index contributed by atoms with van der Waals surface area (Å²) in [4.78, 5) is 0. The Balaban J connectivity index is 1.98. The predicted octanol–water partition coefficient (Wildman–Crippen LogP) is 3.80. The molecule has 0 fully saturated rings. The summed E-state index contributed by atoms with van der Waals surface area (Å²) in [6.07, 6.45) is 4.40. The lowest BCUT2D eigenvalue weighted by Crippen LogP contribution is -2.29. The Kier molecular flexibility index (Phi) is 3.34. The summed E-state index contributed by atoms with van der Waals surface area (Å²) < 4.78 is 12.6. The van der Waals surface area contributed by atoms with E-state index in [1.807, 2.05) is 6.07 Å². The molecule has 0 radical (unpaired) electrons. The molecule has 24 heavy (non-hydrogen) atoms. The summed E-state index contributed by atoms with van der Waals surface area (Å²) in [5, 5.41) is 0. The van der Waals surface area contributed by atoms with Gasteiger partial charge in [-0.1, -0.05) is 18.2 Å². The molecule has 0 aliphatic carbocycles. The van der Waals surface area contributed by atoms with Gasteiger partial charge in [0, 0.05) is 5.56 Å². The van der Waals surface area contributed by atoms with Crippen LogP contribution in [0.5, 0.6) is 5.75 Å². The molecule has 2 heterocycles. The molecule has 0 aliphatic rings. The number of fused-ring (bicyclic) bond motifs is 3. The monoisotopic (exact) mass is 320 g/mol. The summed E-state index contributed by atoms with van der Waals surface area (Å²) >= 11 is 0. The number of rotatable bonds is 3. The largest absolute Gasteiger partial charge is 0.491 e. The quantitative estimate of drug-likeness (QED) is 0.526. The molecule has 4 aromatic rings. The molecule has 4 nitrogen and oxygen atoms in total. The van der Waals surface area contributed by atoms with Crippen molar-refractivity contribution < 1.29 is 9.30 Å². The normalized spacial score (nSPS) is 11.7. The summed E-state index contributed by atoms with van der Waals surface area (Å²) in [6.45, 7) is 6.23. The molecule has 2 aromatic heterocycles. The Labute approximate surface area is 141 Å². The SMILES string of the molecule is Cc1c(OC(C)C)cccc1-n1ccn2c3ccccc3[n+](C)c12. The average Bonchev–Trinajstić information content (AvgIpc) is 3.10. The second-order valence-electron chi connectivity index (χ2n) is 6.45. The van der Waals surface area contributed by atoms with Gasteiger partial charge in [0.1, 0.15) is 34.9 Å². The Morgan fingerprint density at radius 3 is 2.58 bits per heavy atom. The van der Waals surface area contributed by atoms with Crippen molar-refractivity contribution in [2.24, 2.45) is 7.05 Å². The maximum Gasteiger partial charge on any atom is 0.374 e. The van der Waals surface area contributed by atoms with Gasteiger partial charge in [-0.05, 0) is 45.0 Å². The van der Waals surface area contributed by atoms with Crippen LogP contribution < -0.4 is 9.30 Å². The lowest BCUT2D eigenvalue weighted by Gasteiger charge is -2.14. The predicted molar refractivity (Wildman–Crippen MR) is 95.9 cm³/mol. The molecule has 0 amide bonds. The third kappa shape index (κ3) is 2.10. The van der Waals surface area contributed by atoms with E-state index < -0.39 is 0 Å². The third-order valence-corrected chi connectivity index (χ3v) is 4.48. The molecule has 0 unspecified atom stereocenters. The molecule has 4 heteroatoms. The first kappa shape index (κ1) is 14.8. The zero-order valence-corrected chi connectivity index (χ0v) is 14.5. The fourth-order valence-electron chi connectivity index (χ4n) is 3.39. The average molecular weight is 320 g/mol. The van der Waals surface area contributed by atoms with Gasteiger partial charge < -0.3 is 4.74 Å². The maximum absolute atomic E-state index is 5.96. The molecule has 122 valence electrons. The molecule has 0 bridgehead atoms. The molecule has 0 spiro atoms. The summed E-state index contributed by atoms with van der Waals surface area (Å²) in [5.41, 5.74) is 4.71. The Morgan fingerprint density at radius 2 is 1.79 bits per heavy atom. The molecule has 2 aromatic carbocycles. The van der Waals surface area contributed by atoms with E-state index in [2.05, 4.69) is 90.1 Å². The van der Waals surface area contributed by atoms with Gasteiger partial charge in [0.05, 0.1) is 13.2 Å². The van der Waals surface area contributed by atoms with Crippen molar-refractivity contribution in [3.63, 3.8) is 0 Å². The second kappa shape index (κ2) is 5.41. The molecule has 0 N–H and O–H groups in total. The standard InChI is InChI=1S/C20H22N3O/c1-14(2)24-19-11-7-10-16(15(19)3)22-12-13-23-18-9-6-5-8-17(18)21(4)20(22)23/h5-14H,1-4H3/q+1. The highest BCUT2D eigenvalue weighted by Gasteiger charge is 2.22. The van der Waals surface area contributed by atoms with Crippen molar-refractivity contribution in [1.82, 2.24) is 8.97 Å². The molecule has 0 saturated heterocycles. The summed E-state index contributed by atoms with van der Waals surface area (Å²) in [5.74, 6) is 2.06. The van der Waals surface area contributed by atoms with Crippen LogP contribution in [0.1, 0.15) is 19.4 Å². The first-order chi connectivity index (χ1) is 11.6. The Morgan fingerprint density at radius 1 is 1.00 bits per heavy atom. The third-order valence-electron chi connectivity index (χ3n) is 4.48. The minimum absolute atomic E-state index is 0.163. The van der Waals surface area contributed by atoms with E-state index in [4.69, 9.17) is 4.74 Å². The number of ether oxygens (including phenoxy) is 1. The first-order valence-electron chi connectivity index (χ1n) is 8.30. The first-order valence-corrected chi connectivity index (χ1v) is 8.30. The van der Waals surface area contributed by atoms with Crippen LogP contribution in [0.25, 0.3) is 22.5 Å². The zero-order valence-electron chi connectivity index (χ0n) is 14.5. The minimum Gasteiger partial charge on any atom is -0.491 e. The molecule has 4 rings (SSSR count). The van der Waals surface area contributed by atoms with E-state index in [0.717, 1.165) is 22.8 Å². The summed E-state index contributed by atoms with van der Waals surface area (Å²) in [6, 6.07) is 14.7. The van der Waals surface area contributed by atoms with E-state index in [1.165, 1.54) is 11.0 Å². The van der Waals surface area contributed by atoms with E-state index in [1.54, 1.807) is 0 Å². The van der Waals surface area contributed by atoms with Gasteiger partial charge in [-0.2, -0.15) is 4.40 Å². The van der Waals surface area contributed by atoms with Gasteiger partial charge in [0.15, 0.2) is 0 Å². The second-order valence-corrected chi connectivity index (χ2v) is 6.45. The van der Waals surface area contributed by atoms with Crippen molar-refractivity contribution in [3.8, 4) is 11.4 Å². The molecule has 0 saturated carbocycles. The number of hydrogen-bond acceptors (Lipinski definition) is 1. The maximum atomic E-state index is 5.96. The van der Waals surface area contributed by atoms with Crippen LogP contribution in [0.3, 0.4) is 0 Å². The fraction of sp³-hybridized carbons (Fsp3) is 0.250.